The lowest BCUT2D eigenvalue weighted by Crippen LogP contribution is -2.02. The molecule has 0 amide bonds. The largest absolute Gasteiger partial charge is 0.392 e. The van der Waals surface area contributed by atoms with E-state index in [0.29, 0.717) is 24.5 Å². The predicted octanol–water partition coefficient (Wildman–Crippen LogP) is 0.736. The summed E-state index contributed by atoms with van der Waals surface area (Å²) in [5.41, 5.74) is 8.97. The second kappa shape index (κ2) is 4.69. The Hall–Kier alpha value is -2.41. The minimum Gasteiger partial charge on any atom is -0.392 e. The molecule has 0 aliphatic rings. The Bertz CT molecular complexity index is 703. The second-order valence-electron chi connectivity index (χ2n) is 4.27. The van der Waals surface area contributed by atoms with Gasteiger partial charge in [0.1, 0.15) is 5.69 Å². The first kappa shape index (κ1) is 11.7. The average molecular weight is 259 g/mol. The highest BCUT2D eigenvalue weighted by atomic mass is 16.6. The number of rotatable bonds is 4. The molecule has 0 unspecified atom stereocenters. The van der Waals surface area contributed by atoms with E-state index in [2.05, 4.69) is 19.9 Å². The minimum atomic E-state index is 0.0178. The van der Waals surface area contributed by atoms with E-state index in [-0.39, 0.29) is 6.61 Å². The van der Waals surface area contributed by atoms with E-state index in [0.717, 1.165) is 16.6 Å². The third-order valence-corrected chi connectivity index (χ3v) is 3.04. The van der Waals surface area contributed by atoms with E-state index >= 15 is 0 Å². The third-order valence-electron chi connectivity index (χ3n) is 3.04. The number of benzene rings is 1. The molecule has 0 radical (unpaired) electrons. The molecule has 0 bridgehead atoms. The summed E-state index contributed by atoms with van der Waals surface area (Å²) in [7, 11) is 0. The average Bonchev–Trinajstić information content (AvgIpc) is 3.02. The molecule has 0 aliphatic carbocycles. The third kappa shape index (κ3) is 2.15. The Kier molecular flexibility index (Phi) is 2.88. The van der Waals surface area contributed by atoms with Crippen molar-refractivity contribution in [2.24, 2.45) is 0 Å². The van der Waals surface area contributed by atoms with Crippen LogP contribution in [0, 0.1) is 0 Å². The normalized spacial score (nSPS) is 11.2. The van der Waals surface area contributed by atoms with Gasteiger partial charge in [-0.3, -0.25) is 0 Å². The van der Waals surface area contributed by atoms with Crippen LogP contribution in [0.1, 0.15) is 11.3 Å². The molecule has 7 heteroatoms. The molecule has 1 aromatic carbocycles. The van der Waals surface area contributed by atoms with Gasteiger partial charge >= 0.3 is 0 Å². The molecule has 0 aliphatic heterocycles. The summed E-state index contributed by atoms with van der Waals surface area (Å²) >= 11 is 0. The number of aliphatic hydroxyl groups excluding tert-OH is 1. The van der Waals surface area contributed by atoms with Crippen LogP contribution in [0.5, 0.6) is 0 Å². The van der Waals surface area contributed by atoms with Crippen molar-refractivity contribution in [2.75, 3.05) is 5.73 Å². The van der Waals surface area contributed by atoms with Gasteiger partial charge in [0, 0.05) is 13.0 Å². The van der Waals surface area contributed by atoms with Crippen LogP contribution in [0.25, 0.3) is 11.0 Å². The van der Waals surface area contributed by atoms with Crippen molar-refractivity contribution in [2.45, 2.75) is 19.6 Å². The number of anilines is 1. The van der Waals surface area contributed by atoms with Gasteiger partial charge in [0.25, 0.3) is 0 Å². The maximum absolute atomic E-state index is 9.09. The zero-order valence-electron chi connectivity index (χ0n) is 10.2. The van der Waals surface area contributed by atoms with Gasteiger partial charge in [0.2, 0.25) is 0 Å². The van der Waals surface area contributed by atoms with Crippen molar-refractivity contribution >= 4 is 16.9 Å². The number of nitrogens with two attached hydrogens (primary N) is 1. The Morgan fingerprint density at radius 3 is 2.95 bits per heavy atom. The first-order valence-electron chi connectivity index (χ1n) is 5.89. The maximum atomic E-state index is 9.09. The Morgan fingerprint density at radius 1 is 1.32 bits per heavy atom. The van der Waals surface area contributed by atoms with Gasteiger partial charge in [0.05, 0.1) is 24.0 Å². The summed E-state index contributed by atoms with van der Waals surface area (Å²) in [5, 5.41) is 16.4. The van der Waals surface area contributed by atoms with E-state index in [1.54, 1.807) is 6.33 Å². The molecule has 3 N–H and O–H groups in total. The highest BCUT2D eigenvalue weighted by molar-refractivity contribution is 5.76. The van der Waals surface area contributed by atoms with Crippen LogP contribution < -0.4 is 5.73 Å². The van der Waals surface area contributed by atoms with Crippen molar-refractivity contribution in [3.05, 3.63) is 35.8 Å². The molecule has 19 heavy (non-hydrogen) atoms. The van der Waals surface area contributed by atoms with E-state index in [1.807, 2.05) is 22.8 Å². The number of aryl methyl sites for hydroxylation is 2. The summed E-state index contributed by atoms with van der Waals surface area (Å²) < 4.78 is 6.56. The molecule has 2 heterocycles. The second-order valence-corrected chi connectivity index (χ2v) is 4.27. The Balaban J connectivity index is 1.83. The van der Waals surface area contributed by atoms with Crippen molar-refractivity contribution in [1.82, 2.24) is 19.9 Å². The molecule has 2 aromatic heterocycles. The highest BCUT2D eigenvalue weighted by Crippen LogP contribution is 2.16. The van der Waals surface area contributed by atoms with Crippen LogP contribution in [0.3, 0.4) is 0 Å². The van der Waals surface area contributed by atoms with Crippen LogP contribution in [0.2, 0.25) is 0 Å². The molecule has 98 valence electrons. The molecule has 7 nitrogen and oxygen atoms in total. The number of aliphatic hydroxyl groups is 1. The van der Waals surface area contributed by atoms with Crippen LogP contribution >= 0.6 is 0 Å². The van der Waals surface area contributed by atoms with E-state index in [1.165, 1.54) is 0 Å². The van der Waals surface area contributed by atoms with E-state index in [9.17, 15) is 0 Å². The van der Waals surface area contributed by atoms with Gasteiger partial charge in [-0.25, -0.2) is 9.61 Å². The smallest absolute Gasteiger partial charge is 0.191 e. The van der Waals surface area contributed by atoms with Gasteiger partial charge in [-0.15, -0.1) is 0 Å². The Labute approximate surface area is 108 Å². The molecule has 0 atom stereocenters. The molecule has 3 rings (SSSR count). The molecule has 0 saturated heterocycles. The zero-order chi connectivity index (χ0) is 13.2. The monoisotopic (exact) mass is 259 g/mol. The van der Waals surface area contributed by atoms with Gasteiger partial charge in [-0.05, 0) is 22.9 Å². The number of nitrogen functional groups attached to an aromatic ring is 1. The lowest BCUT2D eigenvalue weighted by molar-refractivity contribution is 0.282. The summed E-state index contributed by atoms with van der Waals surface area (Å²) in [6.45, 7) is 0.706. The van der Waals surface area contributed by atoms with Crippen molar-refractivity contribution in [1.29, 1.82) is 0 Å². The minimum absolute atomic E-state index is 0.0178. The summed E-state index contributed by atoms with van der Waals surface area (Å²) in [5.74, 6) is 0.326. The fourth-order valence-electron chi connectivity index (χ4n) is 2.00. The number of aromatic nitrogens is 4. The highest BCUT2D eigenvalue weighted by Gasteiger charge is 2.08. The molecular weight excluding hydrogens is 246 g/mol. The Morgan fingerprint density at radius 2 is 2.21 bits per heavy atom. The zero-order valence-corrected chi connectivity index (χ0v) is 10.2. The van der Waals surface area contributed by atoms with Crippen LogP contribution in [0.4, 0.5) is 5.82 Å². The molecule has 3 aromatic rings. The topological polar surface area (TPSA) is 103 Å². The van der Waals surface area contributed by atoms with Gasteiger partial charge < -0.3 is 15.4 Å². The molecule has 0 fully saturated rings. The molecular formula is C12H13N5O2. The van der Waals surface area contributed by atoms with Gasteiger partial charge in [-0.1, -0.05) is 11.2 Å². The predicted molar refractivity (Wildman–Crippen MR) is 68.1 cm³/mol. The first-order valence-corrected chi connectivity index (χ1v) is 5.89. The first-order chi connectivity index (χ1) is 9.28. The number of imidazole rings is 1. The lowest BCUT2D eigenvalue weighted by atomic mass is 10.2. The standard InChI is InChI=1S/C12H13N5O2/c13-12-9(15-19-16-12)3-4-17-7-14-10-5-8(6-18)1-2-11(10)17/h1-2,5,7,18H,3-4,6H2,(H2,13,16). The quantitative estimate of drug-likeness (QED) is 0.716. The number of nitrogens with zero attached hydrogens (tertiary/aromatic N) is 4. The van der Waals surface area contributed by atoms with Crippen molar-refractivity contribution in [3.63, 3.8) is 0 Å². The lowest BCUT2D eigenvalue weighted by Gasteiger charge is -2.03. The number of hydrogen-bond donors (Lipinski definition) is 2. The van der Waals surface area contributed by atoms with Crippen LogP contribution in [-0.4, -0.2) is 25.0 Å². The molecule has 0 saturated carbocycles. The van der Waals surface area contributed by atoms with Gasteiger partial charge in [-0.2, -0.15) is 0 Å². The van der Waals surface area contributed by atoms with Crippen LogP contribution in [0.15, 0.2) is 29.2 Å². The van der Waals surface area contributed by atoms with Gasteiger partial charge in [0.15, 0.2) is 5.82 Å². The fraction of sp³-hybridized carbons (Fsp3) is 0.250. The summed E-state index contributed by atoms with van der Waals surface area (Å²) in [4.78, 5) is 4.31. The molecule has 0 spiro atoms. The van der Waals surface area contributed by atoms with E-state index in [4.69, 9.17) is 10.8 Å². The van der Waals surface area contributed by atoms with E-state index < -0.39 is 0 Å². The fourth-order valence-corrected chi connectivity index (χ4v) is 2.00. The van der Waals surface area contributed by atoms with Crippen LogP contribution in [-0.2, 0) is 19.6 Å². The maximum Gasteiger partial charge on any atom is 0.191 e. The summed E-state index contributed by atoms with van der Waals surface area (Å²) in [6, 6.07) is 5.70. The number of fused-ring (bicyclic) bond motifs is 1. The SMILES string of the molecule is Nc1nonc1CCn1cnc2cc(CO)ccc21. The number of hydrogen-bond acceptors (Lipinski definition) is 6. The summed E-state index contributed by atoms with van der Waals surface area (Å²) in [6.07, 6.45) is 2.39. The van der Waals surface area contributed by atoms with Crippen molar-refractivity contribution in [3.8, 4) is 0 Å². The van der Waals surface area contributed by atoms with Crippen molar-refractivity contribution < 1.29 is 9.74 Å².